The van der Waals surface area contributed by atoms with Gasteiger partial charge in [-0.05, 0) is 19.9 Å². The van der Waals surface area contributed by atoms with Crippen molar-refractivity contribution in [3.8, 4) is 0 Å². The molecule has 2 fully saturated rings. The average molecular weight is 283 g/mol. The van der Waals surface area contributed by atoms with Gasteiger partial charge in [-0.1, -0.05) is 27.7 Å². The summed E-state index contributed by atoms with van der Waals surface area (Å²) in [7, 11) is 2.20. The zero-order valence-electron chi connectivity index (χ0n) is 14.1. The van der Waals surface area contributed by atoms with Crippen molar-refractivity contribution < 1.29 is 4.79 Å². The lowest BCUT2D eigenvalue weighted by molar-refractivity contribution is -0.136. The highest BCUT2D eigenvalue weighted by Crippen LogP contribution is 2.19. The summed E-state index contributed by atoms with van der Waals surface area (Å²) in [4.78, 5) is 19.0. The number of carbonyl (C=O) groups is 1. The van der Waals surface area contributed by atoms with Gasteiger partial charge in [0.1, 0.15) is 0 Å². The Labute approximate surface area is 125 Å². The Hall–Kier alpha value is -0.610. The van der Waals surface area contributed by atoms with Gasteiger partial charge in [0, 0.05) is 51.2 Å². The molecule has 2 aliphatic heterocycles. The van der Waals surface area contributed by atoms with Crippen molar-refractivity contribution in [2.75, 3.05) is 46.3 Å². The minimum atomic E-state index is 0.144. The molecular weight excluding hydrogens is 250 g/mol. The molecule has 0 atom stereocenters. The van der Waals surface area contributed by atoms with Crippen molar-refractivity contribution in [2.24, 2.45) is 5.92 Å². The molecule has 2 saturated heterocycles. The first-order valence-electron chi connectivity index (χ1n) is 8.29. The van der Waals surface area contributed by atoms with Crippen LogP contribution in [0.15, 0.2) is 0 Å². The Morgan fingerprint density at radius 1 is 0.950 bits per heavy atom. The molecule has 0 aromatic carbocycles. The molecule has 0 bridgehead atoms. The van der Waals surface area contributed by atoms with Crippen molar-refractivity contribution in [2.45, 2.75) is 46.6 Å². The molecule has 4 heteroatoms. The molecule has 2 heterocycles. The maximum absolute atomic E-state index is 11.9. The van der Waals surface area contributed by atoms with Gasteiger partial charge in [0.05, 0.1) is 0 Å². The van der Waals surface area contributed by atoms with E-state index in [0.29, 0.717) is 11.9 Å². The summed E-state index contributed by atoms with van der Waals surface area (Å²) in [6.45, 7) is 14.7. The van der Waals surface area contributed by atoms with Crippen molar-refractivity contribution in [3.63, 3.8) is 0 Å². The van der Waals surface area contributed by atoms with E-state index in [4.69, 9.17) is 0 Å². The van der Waals surface area contributed by atoms with Gasteiger partial charge in [0.25, 0.3) is 0 Å². The second-order valence-electron chi connectivity index (χ2n) is 6.05. The summed E-state index contributed by atoms with van der Waals surface area (Å²) < 4.78 is 0. The Morgan fingerprint density at radius 3 is 1.90 bits per heavy atom. The van der Waals surface area contributed by atoms with Crippen LogP contribution >= 0.6 is 0 Å². The number of amides is 1. The van der Waals surface area contributed by atoms with Gasteiger partial charge in [-0.25, -0.2) is 0 Å². The van der Waals surface area contributed by atoms with E-state index >= 15 is 0 Å². The van der Waals surface area contributed by atoms with E-state index in [9.17, 15) is 4.79 Å². The highest BCUT2D eigenvalue weighted by molar-refractivity contribution is 5.78. The molecule has 0 aromatic rings. The van der Waals surface area contributed by atoms with Crippen LogP contribution in [-0.4, -0.2) is 73.0 Å². The predicted molar refractivity (Wildman–Crippen MR) is 84.9 cm³/mol. The van der Waals surface area contributed by atoms with E-state index in [1.54, 1.807) is 0 Å². The van der Waals surface area contributed by atoms with Crippen LogP contribution in [-0.2, 0) is 4.79 Å². The quantitative estimate of drug-likeness (QED) is 0.774. The van der Waals surface area contributed by atoms with E-state index in [1.807, 2.05) is 27.7 Å². The number of rotatable bonds is 2. The Kier molecular flexibility index (Phi) is 7.52. The third-order valence-electron chi connectivity index (χ3n) is 4.32. The number of likely N-dealkylation sites (N-methyl/N-ethyl adjacent to an activating group) is 1. The summed E-state index contributed by atoms with van der Waals surface area (Å²) in [5, 5.41) is 0. The molecule has 0 N–H and O–H groups in total. The molecule has 118 valence electrons. The van der Waals surface area contributed by atoms with Crippen molar-refractivity contribution in [3.05, 3.63) is 0 Å². The normalized spacial score (nSPS) is 22.6. The predicted octanol–water partition coefficient (Wildman–Crippen LogP) is 1.91. The zero-order valence-corrected chi connectivity index (χ0v) is 14.1. The summed E-state index contributed by atoms with van der Waals surface area (Å²) in [6, 6.07) is 0.704. The number of piperazine rings is 1. The maximum atomic E-state index is 11.9. The Bertz CT molecular complexity index is 277. The van der Waals surface area contributed by atoms with E-state index in [2.05, 4.69) is 21.7 Å². The van der Waals surface area contributed by atoms with Crippen LogP contribution in [0.1, 0.15) is 40.5 Å². The number of piperidine rings is 1. The lowest BCUT2D eigenvalue weighted by Gasteiger charge is -2.42. The van der Waals surface area contributed by atoms with Crippen LogP contribution in [0.25, 0.3) is 0 Å². The third-order valence-corrected chi connectivity index (χ3v) is 4.32. The first kappa shape index (κ1) is 17.4. The summed E-state index contributed by atoms with van der Waals surface area (Å²) in [5.41, 5.74) is 0. The van der Waals surface area contributed by atoms with Gasteiger partial charge in [-0.15, -0.1) is 0 Å². The fraction of sp³-hybridized carbons (Fsp3) is 0.938. The molecule has 4 nitrogen and oxygen atoms in total. The van der Waals surface area contributed by atoms with Crippen LogP contribution < -0.4 is 0 Å². The second-order valence-corrected chi connectivity index (χ2v) is 6.05. The van der Waals surface area contributed by atoms with Gasteiger partial charge in [-0.3, -0.25) is 9.69 Å². The molecule has 1 amide bonds. The average Bonchev–Trinajstić information content (AvgIpc) is 2.49. The standard InChI is InChI=1S/C14H27N3O.C2H6/c1-12(2)14(18)17-6-4-13(5-7-17)16-10-8-15(3)9-11-16;1-2/h12-13H,4-11H2,1-3H3;1-2H3. The molecule has 20 heavy (non-hydrogen) atoms. The van der Waals surface area contributed by atoms with Crippen LogP contribution in [0.2, 0.25) is 0 Å². The molecule has 0 aliphatic carbocycles. The molecule has 0 radical (unpaired) electrons. The molecule has 0 spiro atoms. The highest BCUT2D eigenvalue weighted by atomic mass is 16.2. The van der Waals surface area contributed by atoms with Gasteiger partial charge >= 0.3 is 0 Å². The van der Waals surface area contributed by atoms with Crippen molar-refractivity contribution >= 4 is 5.91 Å². The smallest absolute Gasteiger partial charge is 0.225 e. The third kappa shape index (κ3) is 4.74. The molecule has 0 unspecified atom stereocenters. The Balaban J connectivity index is 0.000000956. The van der Waals surface area contributed by atoms with Crippen molar-refractivity contribution in [1.29, 1.82) is 0 Å². The largest absolute Gasteiger partial charge is 0.342 e. The van der Waals surface area contributed by atoms with E-state index in [0.717, 1.165) is 25.9 Å². The van der Waals surface area contributed by atoms with Crippen molar-refractivity contribution in [1.82, 2.24) is 14.7 Å². The molecular formula is C16H33N3O. The number of likely N-dealkylation sites (tertiary alicyclic amines) is 1. The topological polar surface area (TPSA) is 26.8 Å². The lowest BCUT2D eigenvalue weighted by atomic mass is 10.0. The first-order valence-corrected chi connectivity index (χ1v) is 8.29. The number of hydrogen-bond donors (Lipinski definition) is 0. The summed E-state index contributed by atoms with van der Waals surface area (Å²) in [6.07, 6.45) is 2.31. The number of carbonyl (C=O) groups excluding carboxylic acids is 1. The van der Waals surface area contributed by atoms with Gasteiger partial charge in [0.2, 0.25) is 5.91 Å². The highest BCUT2D eigenvalue weighted by Gasteiger charge is 2.28. The molecule has 2 rings (SSSR count). The minimum absolute atomic E-state index is 0.144. The van der Waals surface area contributed by atoms with Crippen LogP contribution in [0.5, 0.6) is 0 Å². The monoisotopic (exact) mass is 283 g/mol. The van der Waals surface area contributed by atoms with E-state index in [-0.39, 0.29) is 5.92 Å². The lowest BCUT2D eigenvalue weighted by Crippen LogP contribution is -2.53. The molecule has 2 aliphatic rings. The molecule has 0 saturated carbocycles. The van der Waals surface area contributed by atoms with E-state index in [1.165, 1.54) is 26.2 Å². The maximum Gasteiger partial charge on any atom is 0.225 e. The van der Waals surface area contributed by atoms with Crippen LogP contribution in [0, 0.1) is 5.92 Å². The fourth-order valence-corrected chi connectivity index (χ4v) is 3.00. The van der Waals surface area contributed by atoms with E-state index < -0.39 is 0 Å². The van der Waals surface area contributed by atoms with Gasteiger partial charge in [-0.2, -0.15) is 0 Å². The zero-order chi connectivity index (χ0) is 15.1. The van der Waals surface area contributed by atoms with Crippen LogP contribution in [0.3, 0.4) is 0 Å². The minimum Gasteiger partial charge on any atom is -0.342 e. The Morgan fingerprint density at radius 2 is 1.45 bits per heavy atom. The summed E-state index contributed by atoms with van der Waals surface area (Å²) in [5.74, 6) is 0.469. The van der Waals surface area contributed by atoms with Gasteiger partial charge < -0.3 is 9.80 Å². The second kappa shape index (κ2) is 8.63. The van der Waals surface area contributed by atoms with Crippen LogP contribution in [0.4, 0.5) is 0 Å². The molecule has 0 aromatic heterocycles. The summed E-state index contributed by atoms with van der Waals surface area (Å²) >= 11 is 0. The first-order chi connectivity index (χ1) is 9.58. The van der Waals surface area contributed by atoms with Gasteiger partial charge in [0.15, 0.2) is 0 Å². The number of nitrogens with zero attached hydrogens (tertiary/aromatic N) is 3. The number of hydrogen-bond acceptors (Lipinski definition) is 3. The fourth-order valence-electron chi connectivity index (χ4n) is 3.00. The SMILES string of the molecule is CC.CC(C)C(=O)N1CCC(N2CCN(C)CC2)CC1.